The summed E-state index contributed by atoms with van der Waals surface area (Å²) in [4.78, 5) is 12.4. The highest BCUT2D eigenvalue weighted by molar-refractivity contribution is 6.33. The highest BCUT2D eigenvalue weighted by Gasteiger charge is 2.10. The molecular weight excluding hydrogens is 240 g/mol. The lowest BCUT2D eigenvalue weighted by Gasteiger charge is -2.06. The lowest BCUT2D eigenvalue weighted by Crippen LogP contribution is -2.03. The van der Waals surface area contributed by atoms with Gasteiger partial charge in [0.1, 0.15) is 0 Å². The summed E-state index contributed by atoms with van der Waals surface area (Å²) in [6, 6.07) is 7.60. The molecule has 1 aromatic carbocycles. The summed E-state index contributed by atoms with van der Waals surface area (Å²) >= 11 is 6.09. The third kappa shape index (κ3) is 2.45. The molecule has 0 aliphatic rings. The Morgan fingerprint density at radius 2 is 1.94 bits per heavy atom. The number of methoxy groups -OCH3 is 1. The molecule has 0 saturated heterocycles. The van der Waals surface area contributed by atoms with Crippen LogP contribution in [-0.4, -0.2) is 29.1 Å². The van der Waals surface area contributed by atoms with E-state index >= 15 is 0 Å². The molecule has 0 amide bonds. The van der Waals surface area contributed by atoms with E-state index in [0.29, 0.717) is 16.8 Å². The fraction of sp³-hybridized carbons (Fsp3) is 0.182. The molecule has 0 aliphatic heterocycles. The Balaban J connectivity index is 2.55. The predicted molar refractivity (Wildman–Crippen MR) is 66.4 cm³/mol. The summed E-state index contributed by atoms with van der Waals surface area (Å²) in [6.07, 6.45) is 0. The first-order chi connectivity index (χ1) is 8.24. The maximum Gasteiger partial charge on any atom is 0.321 e. The minimum absolute atomic E-state index is 0.249. The van der Waals surface area contributed by atoms with E-state index in [-0.39, 0.29) is 6.01 Å². The van der Waals surface area contributed by atoms with Gasteiger partial charge in [0.15, 0.2) is 5.82 Å². The number of ether oxygens (including phenoxy) is 1. The number of nitrogens with zero attached hydrogens (tertiary/aromatic N) is 3. The van der Waals surface area contributed by atoms with Gasteiger partial charge in [-0.3, -0.25) is 0 Å². The number of halogens is 1. The SMILES string of the molecule is CNc1nc(OC)nc(-c2ccccc2Cl)n1. The number of hydrogen-bond donors (Lipinski definition) is 1. The highest BCUT2D eigenvalue weighted by Crippen LogP contribution is 2.25. The van der Waals surface area contributed by atoms with Crippen molar-refractivity contribution in [2.45, 2.75) is 0 Å². The van der Waals surface area contributed by atoms with E-state index < -0.39 is 0 Å². The summed E-state index contributed by atoms with van der Waals surface area (Å²) in [5.74, 6) is 0.915. The van der Waals surface area contributed by atoms with Gasteiger partial charge in [-0.2, -0.15) is 15.0 Å². The molecule has 0 atom stereocenters. The normalized spacial score (nSPS) is 10.1. The Bertz CT molecular complexity index is 510. The fourth-order valence-electron chi connectivity index (χ4n) is 1.32. The van der Waals surface area contributed by atoms with Crippen LogP contribution in [0.5, 0.6) is 6.01 Å². The lowest BCUT2D eigenvalue weighted by atomic mass is 10.2. The molecule has 0 aliphatic carbocycles. The van der Waals surface area contributed by atoms with E-state index in [1.807, 2.05) is 18.2 Å². The van der Waals surface area contributed by atoms with Crippen LogP contribution in [0.3, 0.4) is 0 Å². The van der Waals surface area contributed by atoms with Crippen LogP contribution in [-0.2, 0) is 0 Å². The summed E-state index contributed by atoms with van der Waals surface area (Å²) in [6.45, 7) is 0. The average molecular weight is 251 g/mol. The molecule has 0 saturated carbocycles. The van der Waals surface area contributed by atoms with Gasteiger partial charge in [0.25, 0.3) is 0 Å². The zero-order valence-corrected chi connectivity index (χ0v) is 10.2. The van der Waals surface area contributed by atoms with Crippen LogP contribution in [0.4, 0.5) is 5.95 Å². The molecule has 88 valence electrons. The van der Waals surface area contributed by atoms with Crippen molar-refractivity contribution < 1.29 is 4.74 Å². The van der Waals surface area contributed by atoms with Crippen molar-refractivity contribution in [3.63, 3.8) is 0 Å². The smallest absolute Gasteiger partial charge is 0.321 e. The van der Waals surface area contributed by atoms with Gasteiger partial charge in [0.2, 0.25) is 5.95 Å². The van der Waals surface area contributed by atoms with E-state index in [1.165, 1.54) is 7.11 Å². The van der Waals surface area contributed by atoms with Crippen LogP contribution >= 0.6 is 11.6 Å². The van der Waals surface area contributed by atoms with Gasteiger partial charge in [0, 0.05) is 12.6 Å². The van der Waals surface area contributed by atoms with Gasteiger partial charge >= 0.3 is 6.01 Å². The topological polar surface area (TPSA) is 59.9 Å². The zero-order valence-electron chi connectivity index (χ0n) is 9.44. The Kier molecular flexibility index (Phi) is 3.39. The van der Waals surface area contributed by atoms with Crippen LogP contribution < -0.4 is 10.1 Å². The first kappa shape index (κ1) is 11.6. The maximum atomic E-state index is 6.09. The van der Waals surface area contributed by atoms with Crippen molar-refractivity contribution >= 4 is 17.5 Å². The largest absolute Gasteiger partial charge is 0.467 e. The van der Waals surface area contributed by atoms with Crippen LogP contribution in [0, 0.1) is 0 Å². The van der Waals surface area contributed by atoms with Crippen molar-refractivity contribution in [3.8, 4) is 17.4 Å². The van der Waals surface area contributed by atoms with Gasteiger partial charge < -0.3 is 10.1 Å². The van der Waals surface area contributed by atoms with Crippen LogP contribution in [0.25, 0.3) is 11.4 Å². The third-order valence-corrected chi connectivity index (χ3v) is 2.47. The van der Waals surface area contributed by atoms with E-state index in [0.717, 1.165) is 5.56 Å². The Morgan fingerprint density at radius 3 is 2.59 bits per heavy atom. The third-order valence-electron chi connectivity index (χ3n) is 2.14. The summed E-state index contributed by atoms with van der Waals surface area (Å²) in [5, 5.41) is 3.43. The second kappa shape index (κ2) is 4.97. The maximum absolute atomic E-state index is 6.09. The molecule has 6 heteroatoms. The molecule has 0 unspecified atom stereocenters. The molecule has 1 heterocycles. The average Bonchev–Trinajstić information content (AvgIpc) is 2.38. The molecular formula is C11H11ClN4O. The van der Waals surface area contributed by atoms with Crippen molar-refractivity contribution in [2.75, 3.05) is 19.5 Å². The Labute approximate surface area is 104 Å². The summed E-state index contributed by atoms with van der Waals surface area (Å²) in [5.41, 5.74) is 0.742. The second-order valence-corrected chi connectivity index (χ2v) is 3.61. The van der Waals surface area contributed by atoms with E-state index in [9.17, 15) is 0 Å². The number of hydrogen-bond acceptors (Lipinski definition) is 5. The second-order valence-electron chi connectivity index (χ2n) is 3.20. The summed E-state index contributed by atoms with van der Waals surface area (Å²) in [7, 11) is 3.23. The van der Waals surface area contributed by atoms with Gasteiger partial charge in [-0.15, -0.1) is 0 Å². The fourth-order valence-corrected chi connectivity index (χ4v) is 1.54. The highest BCUT2D eigenvalue weighted by atomic mass is 35.5. The Hall–Kier alpha value is -1.88. The first-order valence-electron chi connectivity index (χ1n) is 4.97. The van der Waals surface area contributed by atoms with Crippen LogP contribution in [0.1, 0.15) is 0 Å². The minimum atomic E-state index is 0.249. The number of benzene rings is 1. The van der Waals surface area contributed by atoms with Crippen molar-refractivity contribution in [3.05, 3.63) is 29.3 Å². The van der Waals surface area contributed by atoms with E-state index in [1.54, 1.807) is 13.1 Å². The predicted octanol–water partition coefficient (Wildman–Crippen LogP) is 2.24. The number of rotatable bonds is 3. The molecule has 0 spiro atoms. The van der Waals surface area contributed by atoms with Gasteiger partial charge in [-0.1, -0.05) is 23.7 Å². The van der Waals surface area contributed by atoms with Gasteiger partial charge in [-0.05, 0) is 12.1 Å². The molecule has 0 fully saturated rings. The molecule has 5 nitrogen and oxygen atoms in total. The van der Waals surface area contributed by atoms with Crippen LogP contribution in [0.2, 0.25) is 5.02 Å². The van der Waals surface area contributed by atoms with Crippen molar-refractivity contribution in [1.82, 2.24) is 15.0 Å². The van der Waals surface area contributed by atoms with Gasteiger partial charge in [-0.25, -0.2) is 0 Å². The molecule has 2 aromatic rings. The zero-order chi connectivity index (χ0) is 12.3. The lowest BCUT2D eigenvalue weighted by molar-refractivity contribution is 0.379. The summed E-state index contributed by atoms with van der Waals surface area (Å²) < 4.78 is 5.01. The molecule has 0 bridgehead atoms. The molecule has 2 rings (SSSR count). The molecule has 1 aromatic heterocycles. The number of anilines is 1. The minimum Gasteiger partial charge on any atom is -0.467 e. The molecule has 0 radical (unpaired) electrons. The van der Waals surface area contributed by atoms with Crippen molar-refractivity contribution in [2.24, 2.45) is 0 Å². The standard InChI is InChI=1S/C11H11ClN4O/c1-13-10-14-9(15-11(16-10)17-2)7-5-3-4-6-8(7)12/h3-6H,1-2H3,(H,13,14,15,16). The molecule has 1 N–H and O–H groups in total. The Morgan fingerprint density at radius 1 is 1.18 bits per heavy atom. The number of nitrogens with one attached hydrogen (secondary N) is 1. The van der Waals surface area contributed by atoms with E-state index in [2.05, 4.69) is 20.3 Å². The first-order valence-corrected chi connectivity index (χ1v) is 5.35. The molecule has 17 heavy (non-hydrogen) atoms. The van der Waals surface area contributed by atoms with Crippen LogP contribution in [0.15, 0.2) is 24.3 Å². The quantitative estimate of drug-likeness (QED) is 0.905. The van der Waals surface area contributed by atoms with E-state index in [4.69, 9.17) is 16.3 Å². The van der Waals surface area contributed by atoms with Crippen molar-refractivity contribution in [1.29, 1.82) is 0 Å². The number of aromatic nitrogens is 3. The van der Waals surface area contributed by atoms with Gasteiger partial charge in [0.05, 0.1) is 12.1 Å². The monoisotopic (exact) mass is 250 g/mol.